The van der Waals surface area contributed by atoms with Gasteiger partial charge in [-0.3, -0.25) is 4.98 Å². The Hall–Kier alpha value is -0.930. The Bertz CT molecular complexity index is 321. The van der Waals surface area contributed by atoms with Crippen molar-refractivity contribution >= 4 is 0 Å². The van der Waals surface area contributed by atoms with E-state index < -0.39 is 0 Å². The molecule has 0 spiro atoms. The van der Waals surface area contributed by atoms with Crippen molar-refractivity contribution in [3.05, 3.63) is 29.6 Å². The molecule has 0 aliphatic heterocycles. The smallest absolute Gasteiger partial charge is 0.0601 e. The molecule has 0 saturated heterocycles. The van der Waals surface area contributed by atoms with Gasteiger partial charge in [0.1, 0.15) is 0 Å². The summed E-state index contributed by atoms with van der Waals surface area (Å²) in [7, 11) is 1.78. The van der Waals surface area contributed by atoms with Crippen LogP contribution in [0, 0.1) is 6.92 Å². The predicted molar refractivity (Wildman–Crippen MR) is 59.6 cm³/mol. The van der Waals surface area contributed by atoms with E-state index >= 15 is 0 Å². The van der Waals surface area contributed by atoms with Gasteiger partial charge < -0.3 is 10.1 Å². The standard InChI is InChI=1S/C12H18N2O/c1-9-3-4-13-7-10(9)8-14-11-5-12(6-11)15-2/h3-4,7,11-12,14H,5-6,8H2,1-2H3. The summed E-state index contributed by atoms with van der Waals surface area (Å²) in [6, 6.07) is 2.67. The van der Waals surface area contributed by atoms with Crippen LogP contribution in [0.4, 0.5) is 0 Å². The van der Waals surface area contributed by atoms with Crippen LogP contribution in [0.25, 0.3) is 0 Å². The zero-order valence-corrected chi connectivity index (χ0v) is 9.36. The summed E-state index contributed by atoms with van der Waals surface area (Å²) in [6.07, 6.45) is 6.52. The first-order chi connectivity index (χ1) is 7.29. The molecule has 0 bridgehead atoms. The molecule has 1 aromatic rings. The number of aryl methyl sites for hydroxylation is 1. The fourth-order valence-corrected chi connectivity index (χ4v) is 1.86. The summed E-state index contributed by atoms with van der Waals surface area (Å²) in [5.74, 6) is 0. The highest BCUT2D eigenvalue weighted by atomic mass is 16.5. The second-order valence-corrected chi connectivity index (χ2v) is 4.21. The summed E-state index contributed by atoms with van der Waals surface area (Å²) in [6.45, 7) is 3.04. The van der Waals surface area contributed by atoms with Gasteiger partial charge in [-0.15, -0.1) is 0 Å². The second-order valence-electron chi connectivity index (χ2n) is 4.21. The van der Waals surface area contributed by atoms with E-state index in [-0.39, 0.29) is 0 Å². The molecule has 1 aliphatic rings. The molecule has 1 aliphatic carbocycles. The van der Waals surface area contributed by atoms with Crippen molar-refractivity contribution in [1.82, 2.24) is 10.3 Å². The minimum atomic E-state index is 0.470. The van der Waals surface area contributed by atoms with Crippen LogP contribution in [0.5, 0.6) is 0 Å². The van der Waals surface area contributed by atoms with Crippen molar-refractivity contribution in [3.8, 4) is 0 Å². The zero-order valence-electron chi connectivity index (χ0n) is 9.36. The number of ether oxygens (including phenoxy) is 1. The third kappa shape index (κ3) is 2.55. The average molecular weight is 206 g/mol. The van der Waals surface area contributed by atoms with Gasteiger partial charge in [-0.2, -0.15) is 0 Å². The van der Waals surface area contributed by atoms with Gasteiger partial charge in [0.2, 0.25) is 0 Å². The number of nitrogens with one attached hydrogen (secondary N) is 1. The lowest BCUT2D eigenvalue weighted by molar-refractivity contribution is 0.0170. The average Bonchev–Trinajstić information content (AvgIpc) is 2.18. The minimum absolute atomic E-state index is 0.470. The van der Waals surface area contributed by atoms with E-state index in [0.29, 0.717) is 12.1 Å². The Labute approximate surface area is 90.9 Å². The normalized spacial score (nSPS) is 24.9. The maximum atomic E-state index is 5.24. The molecule has 2 rings (SSSR count). The molecule has 0 aromatic carbocycles. The van der Waals surface area contributed by atoms with Crippen LogP contribution in [-0.2, 0) is 11.3 Å². The van der Waals surface area contributed by atoms with E-state index in [1.165, 1.54) is 11.1 Å². The summed E-state index contributed by atoms with van der Waals surface area (Å²) in [5, 5.41) is 3.52. The van der Waals surface area contributed by atoms with Crippen molar-refractivity contribution in [2.75, 3.05) is 7.11 Å². The Balaban J connectivity index is 1.77. The monoisotopic (exact) mass is 206 g/mol. The molecule has 3 nitrogen and oxygen atoms in total. The molecule has 1 saturated carbocycles. The molecular formula is C12H18N2O. The van der Waals surface area contributed by atoms with Crippen LogP contribution in [0.3, 0.4) is 0 Å². The van der Waals surface area contributed by atoms with Crippen molar-refractivity contribution in [2.24, 2.45) is 0 Å². The number of rotatable bonds is 4. The van der Waals surface area contributed by atoms with Crippen molar-refractivity contribution in [3.63, 3.8) is 0 Å². The van der Waals surface area contributed by atoms with Crippen LogP contribution in [0.15, 0.2) is 18.5 Å². The molecule has 1 aromatic heterocycles. The highest BCUT2D eigenvalue weighted by molar-refractivity contribution is 5.21. The number of hydrogen-bond donors (Lipinski definition) is 1. The van der Waals surface area contributed by atoms with Gasteiger partial charge in [-0.1, -0.05) is 0 Å². The number of hydrogen-bond acceptors (Lipinski definition) is 3. The van der Waals surface area contributed by atoms with Crippen molar-refractivity contribution < 1.29 is 4.74 Å². The highest BCUT2D eigenvalue weighted by Gasteiger charge is 2.28. The fourth-order valence-electron chi connectivity index (χ4n) is 1.86. The molecule has 0 amide bonds. The summed E-state index contributed by atoms with van der Waals surface area (Å²) < 4.78 is 5.24. The lowest BCUT2D eigenvalue weighted by Gasteiger charge is -2.34. The number of nitrogens with zero attached hydrogens (tertiary/aromatic N) is 1. The SMILES string of the molecule is COC1CC(NCc2cnccc2C)C1. The first-order valence-corrected chi connectivity index (χ1v) is 5.45. The Morgan fingerprint density at radius 2 is 2.33 bits per heavy atom. The van der Waals surface area contributed by atoms with Gasteiger partial charge in [-0.05, 0) is 37.0 Å². The molecule has 15 heavy (non-hydrogen) atoms. The van der Waals surface area contributed by atoms with Gasteiger partial charge >= 0.3 is 0 Å². The Morgan fingerprint density at radius 3 is 3.00 bits per heavy atom. The third-order valence-corrected chi connectivity index (χ3v) is 3.16. The van der Waals surface area contributed by atoms with Crippen LogP contribution >= 0.6 is 0 Å². The quantitative estimate of drug-likeness (QED) is 0.813. The molecule has 3 heteroatoms. The van der Waals surface area contributed by atoms with E-state index in [9.17, 15) is 0 Å². The van der Waals surface area contributed by atoms with E-state index in [4.69, 9.17) is 4.74 Å². The molecule has 1 N–H and O–H groups in total. The molecule has 0 unspecified atom stereocenters. The van der Waals surface area contributed by atoms with Crippen molar-refractivity contribution in [2.45, 2.75) is 38.5 Å². The first-order valence-electron chi connectivity index (χ1n) is 5.45. The van der Waals surface area contributed by atoms with Crippen LogP contribution < -0.4 is 5.32 Å². The zero-order chi connectivity index (χ0) is 10.7. The Morgan fingerprint density at radius 1 is 1.53 bits per heavy atom. The molecule has 0 atom stereocenters. The van der Waals surface area contributed by atoms with E-state index in [0.717, 1.165) is 19.4 Å². The number of pyridine rings is 1. The molecule has 1 heterocycles. The number of methoxy groups -OCH3 is 1. The first kappa shape index (κ1) is 10.6. The molecular weight excluding hydrogens is 188 g/mol. The largest absolute Gasteiger partial charge is 0.381 e. The topological polar surface area (TPSA) is 34.1 Å². The van der Waals surface area contributed by atoms with Gasteiger partial charge in [0.15, 0.2) is 0 Å². The maximum Gasteiger partial charge on any atom is 0.0601 e. The molecule has 1 fully saturated rings. The molecule has 82 valence electrons. The second kappa shape index (κ2) is 4.73. The summed E-state index contributed by atoms with van der Waals surface area (Å²) >= 11 is 0. The molecule has 0 radical (unpaired) electrons. The number of aromatic nitrogens is 1. The third-order valence-electron chi connectivity index (χ3n) is 3.16. The van der Waals surface area contributed by atoms with E-state index in [1.54, 1.807) is 7.11 Å². The van der Waals surface area contributed by atoms with Gasteiger partial charge in [0.25, 0.3) is 0 Å². The lowest BCUT2D eigenvalue weighted by atomic mass is 9.89. The summed E-state index contributed by atoms with van der Waals surface area (Å²) in [4.78, 5) is 4.13. The van der Waals surface area contributed by atoms with Crippen LogP contribution in [-0.4, -0.2) is 24.2 Å². The van der Waals surface area contributed by atoms with Crippen LogP contribution in [0.2, 0.25) is 0 Å². The lowest BCUT2D eigenvalue weighted by Crippen LogP contribution is -2.44. The minimum Gasteiger partial charge on any atom is -0.381 e. The maximum absolute atomic E-state index is 5.24. The Kier molecular flexibility index (Phi) is 3.34. The highest BCUT2D eigenvalue weighted by Crippen LogP contribution is 2.22. The van der Waals surface area contributed by atoms with Gasteiger partial charge in [-0.25, -0.2) is 0 Å². The van der Waals surface area contributed by atoms with E-state index in [2.05, 4.69) is 23.3 Å². The van der Waals surface area contributed by atoms with Crippen molar-refractivity contribution in [1.29, 1.82) is 0 Å². The summed E-state index contributed by atoms with van der Waals surface area (Å²) in [5.41, 5.74) is 2.60. The predicted octanol–water partition coefficient (Wildman–Crippen LogP) is 1.66. The van der Waals surface area contributed by atoms with E-state index in [1.807, 2.05) is 12.4 Å². The van der Waals surface area contributed by atoms with Gasteiger partial charge in [0, 0.05) is 32.1 Å². The van der Waals surface area contributed by atoms with Gasteiger partial charge in [0.05, 0.1) is 6.10 Å². The fraction of sp³-hybridized carbons (Fsp3) is 0.583. The van der Waals surface area contributed by atoms with Crippen LogP contribution in [0.1, 0.15) is 24.0 Å².